The molecule has 0 saturated heterocycles. The van der Waals surface area contributed by atoms with E-state index in [1.807, 2.05) is 56.3 Å². The van der Waals surface area contributed by atoms with Gasteiger partial charge in [-0.15, -0.1) is 0 Å². The number of hydrogen-bond donors (Lipinski definition) is 2. The third-order valence-corrected chi connectivity index (χ3v) is 5.16. The Hall–Kier alpha value is -4.54. The summed E-state index contributed by atoms with van der Waals surface area (Å²) in [6.45, 7) is 4.50. The van der Waals surface area contributed by atoms with Crippen LogP contribution in [0, 0.1) is 6.92 Å². The Labute approximate surface area is 188 Å². The zero-order valence-corrected chi connectivity index (χ0v) is 18.2. The molecule has 4 aromatic heterocycles. The van der Waals surface area contributed by atoms with E-state index < -0.39 is 0 Å². The van der Waals surface area contributed by atoms with Crippen LogP contribution in [-0.2, 0) is 17.9 Å². The predicted octanol–water partition coefficient (Wildman–Crippen LogP) is 2.42. The molecule has 0 saturated carbocycles. The summed E-state index contributed by atoms with van der Waals surface area (Å²) in [5.41, 5.74) is 9.61. The number of anilines is 2. The molecule has 1 amide bonds. The van der Waals surface area contributed by atoms with Gasteiger partial charge in [-0.3, -0.25) is 4.79 Å². The molecular formula is C22H22N10O. The second kappa shape index (κ2) is 8.19. The van der Waals surface area contributed by atoms with Crippen molar-refractivity contribution in [2.45, 2.75) is 26.9 Å². The number of aryl methyl sites for hydroxylation is 2. The standard InChI is InChI=1S/C22H22N10O/c1-3-31-17(11-14(2)29-31)26-18(33)12-30-13-24-19-20(30)27-22(23)28-21(19)32-16(9-10-25-32)15-7-5-4-6-8-15/h4-11,13H,3,12H2,1-2H3,(H,26,33)(H2,23,27,28). The molecule has 0 bridgehead atoms. The molecule has 5 rings (SSSR count). The van der Waals surface area contributed by atoms with Gasteiger partial charge in [0.1, 0.15) is 12.4 Å². The second-order valence-corrected chi connectivity index (χ2v) is 7.48. The summed E-state index contributed by atoms with van der Waals surface area (Å²) in [6.07, 6.45) is 3.24. The summed E-state index contributed by atoms with van der Waals surface area (Å²) in [4.78, 5) is 25.9. The van der Waals surface area contributed by atoms with Crippen LogP contribution in [0.1, 0.15) is 12.6 Å². The first-order chi connectivity index (χ1) is 16.0. The normalized spacial score (nSPS) is 11.2. The Morgan fingerprint density at radius 1 is 1.15 bits per heavy atom. The Bertz CT molecular complexity index is 1450. The van der Waals surface area contributed by atoms with Gasteiger partial charge in [0.2, 0.25) is 11.9 Å². The van der Waals surface area contributed by atoms with Gasteiger partial charge in [-0.25, -0.2) is 14.3 Å². The van der Waals surface area contributed by atoms with Gasteiger partial charge in [0.25, 0.3) is 0 Å². The Kier molecular flexibility index (Phi) is 5.05. The number of fused-ring (bicyclic) bond motifs is 1. The van der Waals surface area contributed by atoms with Crippen LogP contribution in [0.3, 0.4) is 0 Å². The van der Waals surface area contributed by atoms with E-state index in [0.29, 0.717) is 29.3 Å². The van der Waals surface area contributed by atoms with E-state index in [9.17, 15) is 4.79 Å². The third-order valence-electron chi connectivity index (χ3n) is 5.16. The first kappa shape index (κ1) is 20.4. The number of aromatic nitrogens is 8. The highest BCUT2D eigenvalue weighted by Gasteiger charge is 2.19. The molecule has 0 fully saturated rings. The van der Waals surface area contributed by atoms with E-state index >= 15 is 0 Å². The highest BCUT2D eigenvalue weighted by molar-refractivity contribution is 5.91. The number of imidazole rings is 1. The lowest BCUT2D eigenvalue weighted by Gasteiger charge is -2.10. The Morgan fingerprint density at radius 3 is 2.76 bits per heavy atom. The molecular weight excluding hydrogens is 420 g/mol. The van der Waals surface area contributed by atoms with Crippen molar-refractivity contribution in [3.05, 3.63) is 60.7 Å². The maximum absolute atomic E-state index is 12.7. The van der Waals surface area contributed by atoms with Crippen LogP contribution in [0.15, 0.2) is 55.0 Å². The number of hydrogen-bond acceptors (Lipinski definition) is 7. The Balaban J connectivity index is 1.50. The first-order valence-corrected chi connectivity index (χ1v) is 10.5. The van der Waals surface area contributed by atoms with Gasteiger partial charge in [0.15, 0.2) is 17.0 Å². The maximum atomic E-state index is 12.7. The molecule has 166 valence electrons. The highest BCUT2D eigenvalue weighted by Crippen LogP contribution is 2.25. The number of carbonyl (C=O) groups is 1. The molecule has 11 heteroatoms. The summed E-state index contributed by atoms with van der Waals surface area (Å²) < 4.78 is 5.05. The van der Waals surface area contributed by atoms with E-state index in [1.165, 1.54) is 0 Å². The zero-order chi connectivity index (χ0) is 22.9. The zero-order valence-electron chi connectivity index (χ0n) is 18.2. The van der Waals surface area contributed by atoms with Gasteiger partial charge in [-0.2, -0.15) is 20.2 Å². The number of rotatable bonds is 6. The lowest BCUT2D eigenvalue weighted by molar-refractivity contribution is -0.116. The fourth-order valence-corrected chi connectivity index (χ4v) is 3.73. The van der Waals surface area contributed by atoms with Crippen molar-refractivity contribution in [3.8, 4) is 17.1 Å². The molecule has 0 aliphatic carbocycles. The summed E-state index contributed by atoms with van der Waals surface area (Å²) in [6, 6.07) is 13.6. The van der Waals surface area contributed by atoms with Crippen molar-refractivity contribution in [1.29, 1.82) is 0 Å². The fourth-order valence-electron chi connectivity index (χ4n) is 3.73. The Morgan fingerprint density at radius 2 is 1.97 bits per heavy atom. The van der Waals surface area contributed by atoms with E-state index in [0.717, 1.165) is 17.0 Å². The predicted molar refractivity (Wildman–Crippen MR) is 124 cm³/mol. The highest BCUT2D eigenvalue weighted by atomic mass is 16.2. The van der Waals surface area contributed by atoms with Gasteiger partial charge in [-0.05, 0) is 19.9 Å². The lowest BCUT2D eigenvalue weighted by Crippen LogP contribution is -2.20. The molecule has 4 heterocycles. The van der Waals surface area contributed by atoms with E-state index in [2.05, 4.69) is 30.5 Å². The topological polar surface area (TPSA) is 134 Å². The molecule has 0 aliphatic rings. The van der Waals surface area contributed by atoms with Crippen LogP contribution in [0.5, 0.6) is 0 Å². The number of nitrogens with zero attached hydrogens (tertiary/aromatic N) is 8. The molecule has 11 nitrogen and oxygen atoms in total. The van der Waals surface area contributed by atoms with Crippen molar-refractivity contribution in [2.75, 3.05) is 11.1 Å². The van der Waals surface area contributed by atoms with Crippen LogP contribution in [-0.4, -0.2) is 45.0 Å². The molecule has 0 unspecified atom stereocenters. The largest absolute Gasteiger partial charge is 0.368 e. The van der Waals surface area contributed by atoms with Crippen molar-refractivity contribution < 1.29 is 4.79 Å². The molecule has 1 aromatic carbocycles. The van der Waals surface area contributed by atoms with Crippen LogP contribution >= 0.6 is 0 Å². The van der Waals surface area contributed by atoms with Crippen molar-refractivity contribution in [1.82, 2.24) is 39.1 Å². The summed E-state index contributed by atoms with van der Waals surface area (Å²) in [5, 5.41) is 11.7. The molecule has 0 radical (unpaired) electrons. The molecule has 0 aliphatic heterocycles. The summed E-state index contributed by atoms with van der Waals surface area (Å²) in [5.74, 6) is 0.920. The number of benzene rings is 1. The first-order valence-electron chi connectivity index (χ1n) is 10.5. The van der Waals surface area contributed by atoms with E-state index in [-0.39, 0.29) is 18.4 Å². The lowest BCUT2D eigenvalue weighted by atomic mass is 10.1. The van der Waals surface area contributed by atoms with E-state index in [1.54, 1.807) is 26.5 Å². The average Bonchev–Trinajstić information content (AvgIpc) is 3.53. The maximum Gasteiger partial charge on any atom is 0.245 e. The molecule has 33 heavy (non-hydrogen) atoms. The summed E-state index contributed by atoms with van der Waals surface area (Å²) >= 11 is 0. The number of carbonyl (C=O) groups excluding carboxylic acids is 1. The average molecular weight is 442 g/mol. The number of nitrogens with one attached hydrogen (secondary N) is 1. The van der Waals surface area contributed by atoms with Gasteiger partial charge >= 0.3 is 0 Å². The minimum Gasteiger partial charge on any atom is -0.368 e. The van der Waals surface area contributed by atoms with Crippen LogP contribution in [0.25, 0.3) is 28.2 Å². The van der Waals surface area contributed by atoms with Crippen molar-refractivity contribution in [2.24, 2.45) is 0 Å². The SMILES string of the molecule is CCn1nc(C)cc1NC(=O)Cn1cnc2c(-n3nccc3-c3ccccc3)nc(N)nc21. The van der Waals surface area contributed by atoms with Crippen LogP contribution < -0.4 is 11.1 Å². The number of nitrogens with two attached hydrogens (primary N) is 1. The van der Waals surface area contributed by atoms with Crippen LogP contribution in [0.4, 0.5) is 11.8 Å². The van der Waals surface area contributed by atoms with Gasteiger partial charge in [0, 0.05) is 18.2 Å². The molecule has 3 N–H and O–H groups in total. The molecule has 5 aromatic rings. The fraction of sp³-hybridized carbons (Fsp3) is 0.182. The van der Waals surface area contributed by atoms with Gasteiger partial charge in [0.05, 0.1) is 23.9 Å². The van der Waals surface area contributed by atoms with Crippen molar-refractivity contribution >= 4 is 28.8 Å². The summed E-state index contributed by atoms with van der Waals surface area (Å²) in [7, 11) is 0. The van der Waals surface area contributed by atoms with E-state index in [4.69, 9.17) is 5.73 Å². The molecule has 0 spiro atoms. The minimum atomic E-state index is -0.230. The number of nitrogen functional groups attached to an aromatic ring is 1. The number of amides is 1. The second-order valence-electron chi connectivity index (χ2n) is 7.48. The van der Waals surface area contributed by atoms with Crippen molar-refractivity contribution in [3.63, 3.8) is 0 Å². The van der Waals surface area contributed by atoms with Gasteiger partial charge in [-0.1, -0.05) is 30.3 Å². The van der Waals surface area contributed by atoms with Crippen LogP contribution in [0.2, 0.25) is 0 Å². The van der Waals surface area contributed by atoms with Gasteiger partial charge < -0.3 is 15.6 Å². The smallest absolute Gasteiger partial charge is 0.245 e. The molecule has 0 atom stereocenters. The monoisotopic (exact) mass is 442 g/mol. The third kappa shape index (κ3) is 3.80. The minimum absolute atomic E-state index is 0.00495. The quantitative estimate of drug-likeness (QED) is 0.412.